The van der Waals surface area contributed by atoms with E-state index in [0.717, 1.165) is 18.3 Å². The molecule has 1 saturated carbocycles. The molecule has 0 aliphatic heterocycles. The fraction of sp³-hybridized carbons (Fsp3) is 0.636. The fourth-order valence-corrected chi connectivity index (χ4v) is 1.63. The van der Waals surface area contributed by atoms with Gasteiger partial charge in [-0.05, 0) is 26.8 Å². The van der Waals surface area contributed by atoms with Gasteiger partial charge in [0.15, 0.2) is 0 Å². The molecule has 0 spiro atoms. The number of hydrogen-bond acceptors (Lipinski definition) is 5. The normalized spacial score (nSPS) is 15.4. The zero-order valence-electron chi connectivity index (χ0n) is 9.81. The summed E-state index contributed by atoms with van der Waals surface area (Å²) in [6.07, 6.45) is 2.63. The Balaban J connectivity index is 1.79. The third-order valence-electron chi connectivity index (χ3n) is 2.71. The summed E-state index contributed by atoms with van der Waals surface area (Å²) in [5, 5.41) is 0. The van der Waals surface area contributed by atoms with E-state index in [0.29, 0.717) is 12.5 Å². The smallest absolute Gasteiger partial charge is 0.223 e. The molecule has 0 radical (unpaired) electrons. The van der Waals surface area contributed by atoms with E-state index in [1.807, 2.05) is 6.92 Å². The maximum atomic E-state index is 5.54. The molecule has 1 heterocycles. The van der Waals surface area contributed by atoms with Gasteiger partial charge in [-0.25, -0.2) is 4.98 Å². The van der Waals surface area contributed by atoms with Gasteiger partial charge in [0, 0.05) is 24.3 Å². The van der Waals surface area contributed by atoms with Crippen molar-refractivity contribution in [2.75, 3.05) is 25.9 Å². The number of nitrogens with zero attached hydrogens (tertiary/aromatic N) is 3. The summed E-state index contributed by atoms with van der Waals surface area (Å²) < 4.78 is 5.54. The van der Waals surface area contributed by atoms with Crippen molar-refractivity contribution in [3.8, 4) is 5.88 Å². The van der Waals surface area contributed by atoms with Crippen LogP contribution in [0.4, 0.5) is 5.95 Å². The van der Waals surface area contributed by atoms with E-state index in [1.54, 1.807) is 6.07 Å². The van der Waals surface area contributed by atoms with Gasteiger partial charge in [0.1, 0.15) is 6.61 Å². The summed E-state index contributed by atoms with van der Waals surface area (Å²) in [7, 11) is 2.13. The highest BCUT2D eigenvalue weighted by Gasteiger charge is 2.25. The quantitative estimate of drug-likeness (QED) is 0.799. The Morgan fingerprint density at radius 1 is 1.50 bits per heavy atom. The minimum absolute atomic E-state index is 0.269. The van der Waals surface area contributed by atoms with Crippen molar-refractivity contribution in [2.45, 2.75) is 25.8 Å². The maximum Gasteiger partial charge on any atom is 0.223 e. The van der Waals surface area contributed by atoms with Crippen molar-refractivity contribution in [1.82, 2.24) is 14.9 Å². The van der Waals surface area contributed by atoms with Gasteiger partial charge in [-0.2, -0.15) is 4.98 Å². The van der Waals surface area contributed by atoms with E-state index in [1.165, 1.54) is 12.8 Å². The van der Waals surface area contributed by atoms with Gasteiger partial charge in [-0.15, -0.1) is 0 Å². The topological polar surface area (TPSA) is 64.3 Å². The average molecular weight is 222 g/mol. The Morgan fingerprint density at radius 3 is 2.88 bits per heavy atom. The molecule has 16 heavy (non-hydrogen) atoms. The molecule has 2 N–H and O–H groups in total. The SMILES string of the molecule is Cc1cc(OCCN(C)C2CC2)nc(N)n1. The van der Waals surface area contributed by atoms with Crippen LogP contribution < -0.4 is 10.5 Å². The van der Waals surface area contributed by atoms with Gasteiger partial charge < -0.3 is 15.4 Å². The molecule has 0 aromatic carbocycles. The van der Waals surface area contributed by atoms with E-state index in [-0.39, 0.29) is 5.95 Å². The zero-order chi connectivity index (χ0) is 11.5. The van der Waals surface area contributed by atoms with Crippen LogP contribution in [0.1, 0.15) is 18.5 Å². The van der Waals surface area contributed by atoms with Crippen molar-refractivity contribution in [2.24, 2.45) is 0 Å². The van der Waals surface area contributed by atoms with Crippen LogP contribution in [0.3, 0.4) is 0 Å². The first-order valence-corrected chi connectivity index (χ1v) is 5.59. The molecule has 1 aliphatic carbocycles. The summed E-state index contributed by atoms with van der Waals surface area (Å²) in [6.45, 7) is 3.44. The largest absolute Gasteiger partial charge is 0.476 e. The molecular formula is C11H18N4O. The van der Waals surface area contributed by atoms with Crippen LogP contribution in [0.15, 0.2) is 6.07 Å². The first kappa shape index (κ1) is 11.1. The minimum atomic E-state index is 0.269. The molecule has 1 aromatic rings. The molecule has 0 saturated heterocycles. The summed E-state index contributed by atoms with van der Waals surface area (Å²) in [5.74, 6) is 0.833. The highest BCUT2D eigenvalue weighted by atomic mass is 16.5. The lowest BCUT2D eigenvalue weighted by molar-refractivity contribution is 0.226. The van der Waals surface area contributed by atoms with Crippen molar-refractivity contribution in [3.05, 3.63) is 11.8 Å². The number of nitrogens with two attached hydrogens (primary N) is 1. The Bertz CT molecular complexity index is 345. The molecule has 1 aliphatic rings. The summed E-state index contributed by atoms with van der Waals surface area (Å²) in [4.78, 5) is 10.3. The molecule has 0 unspecified atom stereocenters. The predicted octanol–water partition coefficient (Wildman–Crippen LogP) is 0.840. The molecule has 5 nitrogen and oxygen atoms in total. The summed E-state index contributed by atoms with van der Waals surface area (Å²) >= 11 is 0. The Morgan fingerprint density at radius 2 is 2.25 bits per heavy atom. The number of ether oxygens (including phenoxy) is 1. The number of aromatic nitrogens is 2. The lowest BCUT2D eigenvalue weighted by atomic mass is 10.4. The molecule has 0 atom stereocenters. The number of nitrogen functional groups attached to an aromatic ring is 1. The average Bonchev–Trinajstić information content (AvgIpc) is 2.98. The van der Waals surface area contributed by atoms with Crippen LogP contribution in [0.2, 0.25) is 0 Å². The molecule has 88 valence electrons. The summed E-state index contributed by atoms with van der Waals surface area (Å²) in [6, 6.07) is 2.56. The van der Waals surface area contributed by atoms with Crippen LogP contribution in [-0.4, -0.2) is 41.1 Å². The lowest BCUT2D eigenvalue weighted by Crippen LogP contribution is -2.26. The third kappa shape index (κ3) is 3.06. The van der Waals surface area contributed by atoms with Crippen molar-refractivity contribution in [3.63, 3.8) is 0 Å². The first-order valence-electron chi connectivity index (χ1n) is 5.59. The number of rotatable bonds is 5. The van der Waals surface area contributed by atoms with E-state index in [2.05, 4.69) is 21.9 Å². The molecule has 0 bridgehead atoms. The maximum absolute atomic E-state index is 5.54. The highest BCUT2D eigenvalue weighted by Crippen LogP contribution is 2.24. The first-order chi connectivity index (χ1) is 7.65. The van der Waals surface area contributed by atoms with Crippen LogP contribution in [0.5, 0.6) is 5.88 Å². The Hall–Kier alpha value is -1.36. The van der Waals surface area contributed by atoms with Gasteiger partial charge in [-0.3, -0.25) is 0 Å². The Kier molecular flexibility index (Phi) is 3.24. The van der Waals surface area contributed by atoms with Gasteiger partial charge >= 0.3 is 0 Å². The number of aryl methyl sites for hydroxylation is 1. The number of likely N-dealkylation sites (N-methyl/N-ethyl adjacent to an activating group) is 1. The molecular weight excluding hydrogens is 204 g/mol. The van der Waals surface area contributed by atoms with Gasteiger partial charge in [-0.1, -0.05) is 0 Å². The molecule has 2 rings (SSSR count). The molecule has 5 heteroatoms. The second-order valence-corrected chi connectivity index (χ2v) is 4.27. The van der Waals surface area contributed by atoms with Gasteiger partial charge in [0.05, 0.1) is 0 Å². The predicted molar refractivity (Wildman–Crippen MR) is 62.3 cm³/mol. The van der Waals surface area contributed by atoms with E-state index < -0.39 is 0 Å². The Labute approximate surface area is 95.6 Å². The van der Waals surface area contributed by atoms with E-state index in [4.69, 9.17) is 10.5 Å². The van der Waals surface area contributed by atoms with E-state index in [9.17, 15) is 0 Å². The third-order valence-corrected chi connectivity index (χ3v) is 2.71. The molecule has 0 amide bonds. The lowest BCUT2D eigenvalue weighted by Gasteiger charge is -2.15. The summed E-state index contributed by atoms with van der Waals surface area (Å²) in [5.41, 5.74) is 6.37. The van der Waals surface area contributed by atoms with E-state index >= 15 is 0 Å². The van der Waals surface area contributed by atoms with Crippen molar-refractivity contribution >= 4 is 5.95 Å². The van der Waals surface area contributed by atoms with Crippen LogP contribution >= 0.6 is 0 Å². The minimum Gasteiger partial charge on any atom is -0.476 e. The fourth-order valence-electron chi connectivity index (χ4n) is 1.63. The highest BCUT2D eigenvalue weighted by molar-refractivity contribution is 5.25. The molecule has 1 aromatic heterocycles. The number of hydrogen-bond donors (Lipinski definition) is 1. The van der Waals surface area contributed by atoms with Crippen LogP contribution in [0, 0.1) is 6.92 Å². The van der Waals surface area contributed by atoms with Crippen molar-refractivity contribution in [1.29, 1.82) is 0 Å². The van der Waals surface area contributed by atoms with Crippen molar-refractivity contribution < 1.29 is 4.74 Å². The monoisotopic (exact) mass is 222 g/mol. The van der Waals surface area contributed by atoms with Crippen LogP contribution in [-0.2, 0) is 0 Å². The molecule has 1 fully saturated rings. The second-order valence-electron chi connectivity index (χ2n) is 4.27. The second kappa shape index (κ2) is 4.65. The van der Waals surface area contributed by atoms with Crippen LogP contribution in [0.25, 0.3) is 0 Å². The number of anilines is 1. The van der Waals surface area contributed by atoms with Gasteiger partial charge in [0.2, 0.25) is 11.8 Å². The standard InChI is InChI=1S/C11H18N4O/c1-8-7-10(14-11(12)13-8)16-6-5-15(2)9-3-4-9/h7,9H,3-6H2,1-2H3,(H2,12,13,14). The zero-order valence-corrected chi connectivity index (χ0v) is 9.81. The van der Waals surface area contributed by atoms with Gasteiger partial charge in [0.25, 0.3) is 0 Å².